The molecule has 5 rings (SSSR count). The van der Waals surface area contributed by atoms with Gasteiger partial charge in [-0.15, -0.1) is 11.3 Å². The lowest BCUT2D eigenvalue weighted by Gasteiger charge is -2.34. The molecular weight excluding hydrogens is 416 g/mol. The van der Waals surface area contributed by atoms with Crippen molar-refractivity contribution in [2.24, 2.45) is 0 Å². The van der Waals surface area contributed by atoms with E-state index in [2.05, 4.69) is 27.7 Å². The van der Waals surface area contributed by atoms with Crippen LogP contribution in [0, 0.1) is 0 Å². The Labute approximate surface area is 180 Å². The Morgan fingerprint density at radius 1 is 0.867 bits per heavy atom. The van der Waals surface area contributed by atoms with Gasteiger partial charge in [-0.25, -0.2) is 13.4 Å². The molecule has 4 aromatic rings. The first kappa shape index (κ1) is 19.3. The van der Waals surface area contributed by atoms with Crippen molar-refractivity contribution in [2.45, 2.75) is 10.8 Å². The molecule has 1 aliphatic heterocycles. The summed E-state index contributed by atoms with van der Waals surface area (Å²) in [7, 11) is -3.41. The van der Waals surface area contributed by atoms with E-state index in [1.807, 2.05) is 36.4 Å². The predicted octanol–water partition coefficient (Wildman–Crippen LogP) is 3.66. The van der Waals surface area contributed by atoms with E-state index in [9.17, 15) is 8.42 Å². The quantitative estimate of drug-likeness (QED) is 0.477. The highest BCUT2D eigenvalue weighted by Gasteiger charge is 2.30. The molecule has 0 aliphatic carbocycles. The molecule has 1 aliphatic rings. The third-order valence-corrected chi connectivity index (χ3v) is 8.70. The Bertz CT molecular complexity index is 1240. The lowest BCUT2D eigenvalue weighted by molar-refractivity contribution is 0.382. The van der Waals surface area contributed by atoms with Gasteiger partial charge in [0.15, 0.2) is 0 Å². The van der Waals surface area contributed by atoms with Gasteiger partial charge in [0.25, 0.3) is 10.0 Å². The molecule has 0 amide bonds. The van der Waals surface area contributed by atoms with Gasteiger partial charge in [0.2, 0.25) is 5.95 Å². The van der Waals surface area contributed by atoms with E-state index in [4.69, 9.17) is 4.98 Å². The number of fused-ring (bicyclic) bond motifs is 1. The summed E-state index contributed by atoms with van der Waals surface area (Å²) in [5, 5.41) is 1.80. The number of sulfonamides is 1. The zero-order valence-electron chi connectivity index (χ0n) is 16.4. The molecule has 1 fully saturated rings. The van der Waals surface area contributed by atoms with Gasteiger partial charge < -0.3 is 9.47 Å². The van der Waals surface area contributed by atoms with Crippen molar-refractivity contribution in [3.63, 3.8) is 0 Å². The normalized spacial score (nSPS) is 15.7. The molecule has 2 aromatic heterocycles. The summed E-state index contributed by atoms with van der Waals surface area (Å²) in [5.41, 5.74) is 3.25. The maximum Gasteiger partial charge on any atom is 0.252 e. The Morgan fingerprint density at radius 3 is 2.33 bits per heavy atom. The number of benzene rings is 2. The number of para-hydroxylation sites is 2. The third-order valence-electron chi connectivity index (χ3n) is 5.43. The van der Waals surface area contributed by atoms with Crippen LogP contribution in [0.2, 0.25) is 0 Å². The van der Waals surface area contributed by atoms with Crippen molar-refractivity contribution in [1.82, 2.24) is 13.9 Å². The monoisotopic (exact) mass is 438 g/mol. The number of anilines is 1. The summed E-state index contributed by atoms with van der Waals surface area (Å²) in [6.07, 6.45) is 0. The second-order valence-corrected chi connectivity index (χ2v) is 10.4. The second kappa shape index (κ2) is 7.86. The van der Waals surface area contributed by atoms with Crippen LogP contribution in [0.3, 0.4) is 0 Å². The molecule has 0 spiro atoms. The molecule has 3 heterocycles. The molecule has 1 saturated heterocycles. The fourth-order valence-electron chi connectivity index (χ4n) is 3.89. The molecule has 0 atom stereocenters. The van der Waals surface area contributed by atoms with Crippen LogP contribution in [0.1, 0.15) is 5.56 Å². The van der Waals surface area contributed by atoms with Crippen LogP contribution in [-0.2, 0) is 16.6 Å². The fraction of sp³-hybridized carbons (Fsp3) is 0.227. The molecule has 0 unspecified atom stereocenters. The molecule has 0 N–H and O–H groups in total. The van der Waals surface area contributed by atoms with E-state index in [-0.39, 0.29) is 0 Å². The highest BCUT2D eigenvalue weighted by atomic mass is 32.2. The van der Waals surface area contributed by atoms with Crippen molar-refractivity contribution in [1.29, 1.82) is 0 Å². The van der Waals surface area contributed by atoms with Crippen molar-refractivity contribution in [2.75, 3.05) is 31.1 Å². The maximum absolute atomic E-state index is 12.8. The minimum absolute atomic E-state index is 0.410. The Balaban J connectivity index is 1.42. The molecule has 30 heavy (non-hydrogen) atoms. The van der Waals surface area contributed by atoms with E-state index in [1.165, 1.54) is 16.9 Å². The SMILES string of the molecule is O=S(=O)(c1cccs1)N1CCN(c2nc3ccccc3n2Cc2ccccc2)CC1. The van der Waals surface area contributed by atoms with E-state index in [1.54, 1.807) is 21.8 Å². The number of imidazole rings is 1. The van der Waals surface area contributed by atoms with E-state index in [0.717, 1.165) is 23.5 Å². The number of aromatic nitrogens is 2. The van der Waals surface area contributed by atoms with Crippen molar-refractivity contribution < 1.29 is 8.42 Å². The van der Waals surface area contributed by atoms with E-state index < -0.39 is 10.0 Å². The topological polar surface area (TPSA) is 58.4 Å². The number of hydrogen-bond donors (Lipinski definition) is 0. The third kappa shape index (κ3) is 3.51. The number of hydrogen-bond acceptors (Lipinski definition) is 5. The van der Waals surface area contributed by atoms with Gasteiger partial charge >= 0.3 is 0 Å². The summed E-state index contributed by atoms with van der Waals surface area (Å²) in [6, 6.07) is 21.9. The van der Waals surface area contributed by atoms with Crippen LogP contribution >= 0.6 is 11.3 Å². The van der Waals surface area contributed by atoms with Gasteiger partial charge in [0, 0.05) is 26.2 Å². The zero-order valence-corrected chi connectivity index (χ0v) is 18.0. The second-order valence-electron chi connectivity index (χ2n) is 7.30. The lowest BCUT2D eigenvalue weighted by atomic mass is 10.2. The minimum Gasteiger partial charge on any atom is -0.340 e. The smallest absolute Gasteiger partial charge is 0.252 e. The Kier molecular flexibility index (Phi) is 5.06. The van der Waals surface area contributed by atoms with Gasteiger partial charge in [-0.3, -0.25) is 0 Å². The first-order valence-electron chi connectivity index (χ1n) is 9.91. The predicted molar refractivity (Wildman–Crippen MR) is 121 cm³/mol. The first-order valence-corrected chi connectivity index (χ1v) is 12.2. The number of rotatable bonds is 5. The summed E-state index contributed by atoms with van der Waals surface area (Å²) >= 11 is 1.27. The van der Waals surface area contributed by atoms with Crippen LogP contribution in [0.15, 0.2) is 76.3 Å². The standard InChI is InChI=1S/C22H22N4O2S2/c27-30(28,21-11-6-16-29-21)25-14-12-24(13-15-25)22-23-19-9-4-5-10-20(19)26(22)17-18-7-2-1-3-8-18/h1-11,16H,12-15,17H2. The molecule has 8 heteroatoms. The van der Waals surface area contributed by atoms with Gasteiger partial charge in [0.1, 0.15) is 4.21 Å². The molecule has 154 valence electrons. The Morgan fingerprint density at radius 2 is 1.60 bits per heavy atom. The molecule has 6 nitrogen and oxygen atoms in total. The van der Waals surface area contributed by atoms with Gasteiger partial charge in [0.05, 0.1) is 17.6 Å². The zero-order chi connectivity index (χ0) is 20.6. The van der Waals surface area contributed by atoms with Crippen molar-refractivity contribution in [3.8, 4) is 0 Å². The van der Waals surface area contributed by atoms with Crippen LogP contribution in [0.25, 0.3) is 11.0 Å². The highest BCUT2D eigenvalue weighted by molar-refractivity contribution is 7.91. The number of nitrogens with zero attached hydrogens (tertiary/aromatic N) is 4. The molecule has 2 aromatic carbocycles. The summed E-state index contributed by atoms with van der Waals surface area (Å²) < 4.78 is 29.9. The maximum atomic E-state index is 12.8. The summed E-state index contributed by atoms with van der Waals surface area (Å²) in [5.74, 6) is 0.897. The largest absolute Gasteiger partial charge is 0.340 e. The van der Waals surface area contributed by atoms with Crippen molar-refractivity contribution in [3.05, 3.63) is 77.7 Å². The molecule has 0 bridgehead atoms. The van der Waals surface area contributed by atoms with Gasteiger partial charge in [-0.2, -0.15) is 4.31 Å². The summed E-state index contributed by atoms with van der Waals surface area (Å²) in [4.78, 5) is 7.09. The van der Waals surface area contributed by atoms with E-state index in [0.29, 0.717) is 30.4 Å². The average molecular weight is 439 g/mol. The minimum atomic E-state index is -3.41. The van der Waals surface area contributed by atoms with Crippen LogP contribution in [0.5, 0.6) is 0 Å². The molecule has 0 saturated carbocycles. The summed E-state index contributed by atoms with van der Waals surface area (Å²) in [6.45, 7) is 2.86. The highest BCUT2D eigenvalue weighted by Crippen LogP contribution is 2.27. The van der Waals surface area contributed by atoms with Crippen LogP contribution < -0.4 is 4.90 Å². The number of thiophene rings is 1. The Hall–Kier alpha value is -2.68. The van der Waals surface area contributed by atoms with Crippen LogP contribution in [0.4, 0.5) is 5.95 Å². The average Bonchev–Trinajstić information content (AvgIpc) is 3.44. The van der Waals surface area contributed by atoms with E-state index >= 15 is 0 Å². The first-order chi connectivity index (χ1) is 14.6. The number of piperazine rings is 1. The van der Waals surface area contributed by atoms with Crippen LogP contribution in [-0.4, -0.2) is 48.5 Å². The van der Waals surface area contributed by atoms with Gasteiger partial charge in [-0.05, 0) is 29.1 Å². The molecular formula is C22H22N4O2S2. The van der Waals surface area contributed by atoms with Gasteiger partial charge in [-0.1, -0.05) is 48.5 Å². The lowest BCUT2D eigenvalue weighted by Crippen LogP contribution is -2.49. The fourth-order valence-corrected chi connectivity index (χ4v) is 6.46. The molecule has 0 radical (unpaired) electrons. The van der Waals surface area contributed by atoms with Crippen molar-refractivity contribution >= 4 is 38.3 Å².